The van der Waals surface area contributed by atoms with Crippen molar-refractivity contribution in [1.29, 1.82) is 0 Å². The average Bonchev–Trinajstić information content (AvgIpc) is 2.31. The average molecular weight is 252 g/mol. The summed E-state index contributed by atoms with van der Waals surface area (Å²) in [6.07, 6.45) is 0. The van der Waals surface area contributed by atoms with E-state index in [-0.39, 0.29) is 22.5 Å². The van der Waals surface area contributed by atoms with E-state index in [9.17, 15) is 19.0 Å². The Morgan fingerprint density at radius 3 is 1.33 bits per heavy atom. The first-order valence-electron chi connectivity index (χ1n) is 4.96. The van der Waals surface area contributed by atoms with Crippen LogP contribution in [0.1, 0.15) is 0 Å². The molecule has 0 amide bonds. The summed E-state index contributed by atoms with van der Waals surface area (Å²) in [6, 6.07) is 4.39. The molecule has 18 heavy (non-hydrogen) atoms. The Morgan fingerprint density at radius 2 is 1.06 bits per heavy atom. The third kappa shape index (κ3) is 1.88. The van der Waals surface area contributed by atoms with E-state index in [0.29, 0.717) is 0 Å². The minimum absolute atomic E-state index is 0.174. The molecule has 0 fully saturated rings. The van der Waals surface area contributed by atoms with E-state index >= 15 is 0 Å². The first kappa shape index (κ1) is 12.0. The Kier molecular flexibility index (Phi) is 2.70. The van der Waals surface area contributed by atoms with Crippen LogP contribution in [0.15, 0.2) is 24.3 Å². The van der Waals surface area contributed by atoms with Crippen LogP contribution in [-0.4, -0.2) is 10.2 Å². The molecule has 0 aliphatic rings. The van der Waals surface area contributed by atoms with E-state index < -0.39 is 23.1 Å². The molecule has 0 heterocycles. The van der Waals surface area contributed by atoms with E-state index in [1.807, 2.05) is 0 Å². The molecule has 0 spiro atoms. The van der Waals surface area contributed by atoms with E-state index in [1.54, 1.807) is 0 Å². The van der Waals surface area contributed by atoms with E-state index in [4.69, 9.17) is 11.5 Å². The fourth-order valence-corrected chi connectivity index (χ4v) is 1.54. The van der Waals surface area contributed by atoms with Gasteiger partial charge in [0.1, 0.15) is 22.9 Å². The summed E-state index contributed by atoms with van der Waals surface area (Å²) in [6.45, 7) is 0. The molecule has 0 unspecified atom stereocenters. The predicted octanol–water partition coefficient (Wildman–Crippen LogP) is 2.21. The van der Waals surface area contributed by atoms with E-state index in [0.717, 1.165) is 12.1 Å². The summed E-state index contributed by atoms with van der Waals surface area (Å²) < 4.78 is 26.7. The quantitative estimate of drug-likeness (QED) is 0.462. The standard InChI is InChI=1S/C12H10F2N2O2/c13-7-1-5(3-9(17)11(7)15)6-2-8(14)12(16)10(18)4-6/h1-4,17-18H,15-16H2. The van der Waals surface area contributed by atoms with Gasteiger partial charge in [0.2, 0.25) is 0 Å². The zero-order valence-electron chi connectivity index (χ0n) is 9.11. The van der Waals surface area contributed by atoms with Gasteiger partial charge in [-0.25, -0.2) is 8.78 Å². The first-order valence-corrected chi connectivity index (χ1v) is 4.96. The summed E-state index contributed by atoms with van der Waals surface area (Å²) in [5.74, 6) is -2.58. The number of nitrogen functional groups attached to an aromatic ring is 2. The monoisotopic (exact) mass is 252 g/mol. The fourth-order valence-electron chi connectivity index (χ4n) is 1.54. The second-order valence-electron chi connectivity index (χ2n) is 3.78. The molecule has 6 N–H and O–H groups in total. The number of hydrogen-bond acceptors (Lipinski definition) is 4. The number of aromatic hydroxyl groups is 2. The lowest BCUT2D eigenvalue weighted by atomic mass is 10.0. The van der Waals surface area contributed by atoms with Crippen LogP contribution in [-0.2, 0) is 0 Å². The summed E-state index contributed by atoms with van der Waals surface area (Å²) in [5.41, 5.74) is 10.1. The van der Waals surface area contributed by atoms with Crippen molar-refractivity contribution in [2.24, 2.45) is 0 Å². The number of rotatable bonds is 1. The molecular weight excluding hydrogens is 242 g/mol. The van der Waals surface area contributed by atoms with Crippen LogP contribution in [0.3, 0.4) is 0 Å². The normalized spacial score (nSPS) is 10.6. The Hall–Kier alpha value is -2.50. The maximum Gasteiger partial charge on any atom is 0.150 e. The molecule has 0 atom stereocenters. The molecule has 6 heteroatoms. The van der Waals surface area contributed by atoms with E-state index in [1.165, 1.54) is 12.1 Å². The number of phenols is 2. The van der Waals surface area contributed by atoms with Crippen molar-refractivity contribution in [3.05, 3.63) is 35.9 Å². The second-order valence-corrected chi connectivity index (χ2v) is 3.78. The van der Waals surface area contributed by atoms with Crippen molar-refractivity contribution >= 4 is 11.4 Å². The SMILES string of the molecule is Nc1c(O)cc(-c2cc(O)c(N)c(F)c2)cc1F. The highest BCUT2D eigenvalue weighted by atomic mass is 19.1. The van der Waals surface area contributed by atoms with Crippen LogP contribution in [0.4, 0.5) is 20.2 Å². The molecule has 2 aromatic rings. The minimum atomic E-state index is -0.832. The molecule has 0 aliphatic heterocycles. The Labute approximate surface area is 101 Å². The van der Waals surface area contributed by atoms with E-state index in [2.05, 4.69) is 0 Å². The van der Waals surface area contributed by atoms with Crippen molar-refractivity contribution in [1.82, 2.24) is 0 Å². The van der Waals surface area contributed by atoms with Crippen molar-refractivity contribution in [3.8, 4) is 22.6 Å². The number of nitrogens with two attached hydrogens (primary N) is 2. The van der Waals surface area contributed by atoms with Crippen molar-refractivity contribution in [2.45, 2.75) is 0 Å². The van der Waals surface area contributed by atoms with Crippen LogP contribution in [0, 0.1) is 11.6 Å². The second kappa shape index (κ2) is 4.06. The highest BCUT2D eigenvalue weighted by Crippen LogP contribution is 2.34. The highest BCUT2D eigenvalue weighted by Gasteiger charge is 2.12. The van der Waals surface area contributed by atoms with Gasteiger partial charge >= 0.3 is 0 Å². The van der Waals surface area contributed by atoms with Gasteiger partial charge in [-0.15, -0.1) is 0 Å². The van der Waals surface area contributed by atoms with Gasteiger partial charge in [-0.2, -0.15) is 0 Å². The first-order chi connectivity index (χ1) is 8.40. The summed E-state index contributed by atoms with van der Waals surface area (Å²) in [5, 5.41) is 18.8. The lowest BCUT2D eigenvalue weighted by Gasteiger charge is -2.08. The van der Waals surface area contributed by atoms with Crippen LogP contribution >= 0.6 is 0 Å². The smallest absolute Gasteiger partial charge is 0.150 e. The van der Waals surface area contributed by atoms with Gasteiger partial charge < -0.3 is 21.7 Å². The number of phenolic OH excluding ortho intramolecular Hbond substituents is 2. The van der Waals surface area contributed by atoms with Gasteiger partial charge in [-0.05, 0) is 35.4 Å². The number of halogens is 2. The molecule has 2 rings (SSSR count). The zero-order valence-corrected chi connectivity index (χ0v) is 9.11. The minimum Gasteiger partial charge on any atom is -0.506 e. The molecule has 0 saturated heterocycles. The topological polar surface area (TPSA) is 92.5 Å². The molecule has 0 aromatic heterocycles. The molecule has 0 saturated carbocycles. The molecule has 0 aliphatic carbocycles. The van der Waals surface area contributed by atoms with Crippen LogP contribution < -0.4 is 11.5 Å². The summed E-state index contributed by atoms with van der Waals surface area (Å²) in [4.78, 5) is 0. The Balaban J connectivity index is 2.63. The van der Waals surface area contributed by atoms with Crippen LogP contribution in [0.25, 0.3) is 11.1 Å². The molecule has 0 radical (unpaired) electrons. The third-order valence-corrected chi connectivity index (χ3v) is 2.55. The van der Waals surface area contributed by atoms with Gasteiger partial charge in [-0.3, -0.25) is 0 Å². The third-order valence-electron chi connectivity index (χ3n) is 2.55. The van der Waals surface area contributed by atoms with Crippen molar-refractivity contribution < 1.29 is 19.0 Å². The number of benzene rings is 2. The molecule has 94 valence electrons. The fraction of sp³-hybridized carbons (Fsp3) is 0. The predicted molar refractivity (Wildman–Crippen MR) is 63.9 cm³/mol. The van der Waals surface area contributed by atoms with Gasteiger partial charge in [0.05, 0.1) is 0 Å². The summed E-state index contributed by atoms with van der Waals surface area (Å²) >= 11 is 0. The van der Waals surface area contributed by atoms with Gasteiger partial charge in [-0.1, -0.05) is 0 Å². The van der Waals surface area contributed by atoms with Gasteiger partial charge in [0.25, 0.3) is 0 Å². The Bertz CT molecular complexity index is 528. The zero-order chi connectivity index (χ0) is 13.4. The number of hydrogen-bond donors (Lipinski definition) is 4. The molecule has 2 aromatic carbocycles. The van der Waals surface area contributed by atoms with Crippen molar-refractivity contribution in [3.63, 3.8) is 0 Å². The lowest BCUT2D eigenvalue weighted by Crippen LogP contribution is -1.94. The lowest BCUT2D eigenvalue weighted by molar-refractivity contribution is 0.471. The van der Waals surface area contributed by atoms with Crippen LogP contribution in [0.5, 0.6) is 11.5 Å². The molecular formula is C12H10F2N2O2. The van der Waals surface area contributed by atoms with Crippen LogP contribution in [0.2, 0.25) is 0 Å². The number of anilines is 2. The largest absolute Gasteiger partial charge is 0.506 e. The van der Waals surface area contributed by atoms with Gasteiger partial charge in [0, 0.05) is 0 Å². The summed E-state index contributed by atoms with van der Waals surface area (Å²) in [7, 11) is 0. The maximum absolute atomic E-state index is 13.3. The highest BCUT2D eigenvalue weighted by molar-refractivity contribution is 5.73. The maximum atomic E-state index is 13.3. The molecule has 4 nitrogen and oxygen atoms in total. The molecule has 0 bridgehead atoms. The Morgan fingerprint density at radius 1 is 0.722 bits per heavy atom. The van der Waals surface area contributed by atoms with Gasteiger partial charge in [0.15, 0.2) is 11.6 Å². The van der Waals surface area contributed by atoms with Crippen molar-refractivity contribution in [2.75, 3.05) is 11.5 Å².